The molecule has 5 atom stereocenters. The molecule has 0 amide bonds. The van der Waals surface area contributed by atoms with Crippen molar-refractivity contribution < 1.29 is 19.1 Å². The summed E-state index contributed by atoms with van der Waals surface area (Å²) >= 11 is 0. The first-order valence-corrected chi connectivity index (χ1v) is 8.97. The largest absolute Gasteiger partial charge is 0.465 e. The standard InChI is InChI=1S/C21H19NO4/c23-20-15-11-22-17(13-7-3-1-4-8-13)19(14-9-5-2-6-10-14)26-21(24)18(22)16(15)12-25-20/h1-10,15-19H,11-12H2/t15-,16-,17-,18-,19+/m0/s1. The monoisotopic (exact) mass is 349 g/mol. The number of carbonyl (C=O) groups is 2. The van der Waals surface area contributed by atoms with E-state index in [1.54, 1.807) is 0 Å². The van der Waals surface area contributed by atoms with Crippen LogP contribution in [0.4, 0.5) is 0 Å². The van der Waals surface area contributed by atoms with E-state index in [2.05, 4.69) is 17.0 Å². The molecule has 3 saturated heterocycles. The number of cyclic esters (lactones) is 2. The number of benzene rings is 2. The summed E-state index contributed by atoms with van der Waals surface area (Å²) < 4.78 is 11.1. The number of morpholine rings is 1. The Bertz CT molecular complexity index is 838. The molecule has 132 valence electrons. The molecule has 0 N–H and O–H groups in total. The Morgan fingerprint density at radius 2 is 1.46 bits per heavy atom. The van der Waals surface area contributed by atoms with Crippen LogP contribution >= 0.6 is 0 Å². The first-order valence-electron chi connectivity index (χ1n) is 8.97. The fourth-order valence-electron chi connectivity index (χ4n) is 4.62. The number of rotatable bonds is 2. The molecule has 3 aliphatic rings. The molecule has 0 spiro atoms. The van der Waals surface area contributed by atoms with Gasteiger partial charge in [0.25, 0.3) is 0 Å². The van der Waals surface area contributed by atoms with Crippen molar-refractivity contribution in [1.82, 2.24) is 4.90 Å². The van der Waals surface area contributed by atoms with E-state index in [4.69, 9.17) is 9.47 Å². The van der Waals surface area contributed by atoms with E-state index < -0.39 is 12.1 Å². The molecule has 0 unspecified atom stereocenters. The second kappa shape index (κ2) is 5.95. The number of esters is 2. The van der Waals surface area contributed by atoms with Gasteiger partial charge in [0.2, 0.25) is 0 Å². The van der Waals surface area contributed by atoms with Crippen LogP contribution in [0.3, 0.4) is 0 Å². The molecule has 3 aliphatic heterocycles. The van der Waals surface area contributed by atoms with Crippen molar-refractivity contribution in [3.63, 3.8) is 0 Å². The van der Waals surface area contributed by atoms with E-state index in [9.17, 15) is 9.59 Å². The van der Waals surface area contributed by atoms with Gasteiger partial charge in [0.05, 0.1) is 18.6 Å². The van der Waals surface area contributed by atoms with E-state index in [-0.39, 0.29) is 29.8 Å². The predicted octanol–water partition coefficient (Wildman–Crippen LogP) is 2.50. The second-order valence-corrected chi connectivity index (χ2v) is 7.17. The van der Waals surface area contributed by atoms with Gasteiger partial charge < -0.3 is 9.47 Å². The van der Waals surface area contributed by atoms with Gasteiger partial charge in [-0.25, -0.2) is 0 Å². The Morgan fingerprint density at radius 1 is 0.808 bits per heavy atom. The van der Waals surface area contributed by atoms with E-state index >= 15 is 0 Å². The van der Waals surface area contributed by atoms with Crippen molar-refractivity contribution in [3.8, 4) is 0 Å². The third-order valence-electron chi connectivity index (χ3n) is 5.81. The van der Waals surface area contributed by atoms with Crippen molar-refractivity contribution in [2.75, 3.05) is 13.2 Å². The minimum atomic E-state index is -0.420. The third kappa shape index (κ3) is 2.27. The van der Waals surface area contributed by atoms with Gasteiger partial charge in [0.1, 0.15) is 12.1 Å². The van der Waals surface area contributed by atoms with Crippen LogP contribution < -0.4 is 0 Å². The molecule has 0 radical (unpaired) electrons. The SMILES string of the molecule is O=C1OC[C@H]2[C@@H]1CN1[C@@H]2C(=O)O[C@H](c2ccccc2)[C@@H]1c1ccccc1. The Labute approximate surface area is 151 Å². The molecule has 5 heteroatoms. The zero-order valence-electron chi connectivity index (χ0n) is 14.2. The van der Waals surface area contributed by atoms with Gasteiger partial charge in [-0.1, -0.05) is 60.7 Å². The van der Waals surface area contributed by atoms with Crippen LogP contribution in [0.1, 0.15) is 23.3 Å². The first-order chi connectivity index (χ1) is 12.7. The maximum Gasteiger partial charge on any atom is 0.324 e. The number of fused-ring (bicyclic) bond motifs is 3. The molecule has 5 rings (SSSR count). The summed E-state index contributed by atoms with van der Waals surface area (Å²) in [6, 6.07) is 19.4. The summed E-state index contributed by atoms with van der Waals surface area (Å²) in [7, 11) is 0. The van der Waals surface area contributed by atoms with Gasteiger partial charge in [-0.05, 0) is 11.1 Å². The lowest BCUT2D eigenvalue weighted by Crippen LogP contribution is -2.50. The Kier molecular flexibility index (Phi) is 3.57. The van der Waals surface area contributed by atoms with Crippen LogP contribution in [0.5, 0.6) is 0 Å². The fraction of sp³-hybridized carbons (Fsp3) is 0.333. The molecular formula is C21H19NO4. The van der Waals surface area contributed by atoms with E-state index in [1.807, 2.05) is 48.5 Å². The number of hydrogen-bond donors (Lipinski definition) is 0. The predicted molar refractivity (Wildman–Crippen MR) is 92.9 cm³/mol. The Hall–Kier alpha value is -2.66. The average molecular weight is 349 g/mol. The lowest BCUT2D eigenvalue weighted by atomic mass is 9.89. The maximum absolute atomic E-state index is 12.9. The molecule has 3 heterocycles. The molecule has 0 saturated carbocycles. The van der Waals surface area contributed by atoms with Crippen LogP contribution in [-0.2, 0) is 19.1 Å². The molecule has 0 bridgehead atoms. The van der Waals surface area contributed by atoms with Crippen molar-refractivity contribution >= 4 is 11.9 Å². The second-order valence-electron chi connectivity index (χ2n) is 7.17. The van der Waals surface area contributed by atoms with Crippen LogP contribution in [-0.4, -0.2) is 36.0 Å². The average Bonchev–Trinajstić information content (AvgIpc) is 3.23. The summed E-state index contributed by atoms with van der Waals surface area (Å²) in [5.41, 5.74) is 2.06. The van der Waals surface area contributed by atoms with Gasteiger partial charge in [-0.15, -0.1) is 0 Å². The maximum atomic E-state index is 12.9. The van der Waals surface area contributed by atoms with Crippen molar-refractivity contribution in [2.24, 2.45) is 11.8 Å². The zero-order valence-corrected chi connectivity index (χ0v) is 14.2. The summed E-state index contributed by atoms with van der Waals surface area (Å²) in [5, 5.41) is 0. The van der Waals surface area contributed by atoms with E-state index in [0.717, 1.165) is 11.1 Å². The summed E-state index contributed by atoms with van der Waals surface area (Å²) in [6.45, 7) is 0.837. The van der Waals surface area contributed by atoms with Crippen molar-refractivity contribution in [2.45, 2.75) is 18.2 Å². The van der Waals surface area contributed by atoms with Gasteiger partial charge >= 0.3 is 11.9 Å². The number of hydrogen-bond acceptors (Lipinski definition) is 5. The van der Waals surface area contributed by atoms with Gasteiger partial charge in [0.15, 0.2) is 0 Å². The zero-order chi connectivity index (χ0) is 17.7. The summed E-state index contributed by atoms with van der Waals surface area (Å²) in [6.07, 6.45) is -0.391. The lowest BCUT2D eigenvalue weighted by molar-refractivity contribution is -0.175. The number of nitrogens with zero attached hydrogens (tertiary/aromatic N) is 1. The smallest absolute Gasteiger partial charge is 0.324 e. The molecule has 5 nitrogen and oxygen atoms in total. The lowest BCUT2D eigenvalue weighted by Gasteiger charge is -2.43. The van der Waals surface area contributed by atoms with Crippen LogP contribution in [0, 0.1) is 11.8 Å². The van der Waals surface area contributed by atoms with E-state index in [0.29, 0.717) is 13.2 Å². The van der Waals surface area contributed by atoms with Crippen LogP contribution in [0.25, 0.3) is 0 Å². The highest BCUT2D eigenvalue weighted by molar-refractivity contribution is 5.83. The molecule has 2 aromatic carbocycles. The molecule has 3 fully saturated rings. The quantitative estimate of drug-likeness (QED) is 0.780. The van der Waals surface area contributed by atoms with Crippen molar-refractivity contribution in [1.29, 1.82) is 0 Å². The van der Waals surface area contributed by atoms with Crippen LogP contribution in [0.2, 0.25) is 0 Å². The Balaban J connectivity index is 1.60. The molecule has 26 heavy (non-hydrogen) atoms. The highest BCUT2D eigenvalue weighted by Gasteiger charge is 2.59. The van der Waals surface area contributed by atoms with Crippen molar-refractivity contribution in [3.05, 3.63) is 71.8 Å². The topological polar surface area (TPSA) is 55.8 Å². The molecule has 0 aliphatic carbocycles. The van der Waals surface area contributed by atoms with Crippen LogP contribution in [0.15, 0.2) is 60.7 Å². The van der Waals surface area contributed by atoms with E-state index in [1.165, 1.54) is 0 Å². The third-order valence-corrected chi connectivity index (χ3v) is 5.81. The molecule has 0 aromatic heterocycles. The summed E-state index contributed by atoms with van der Waals surface area (Å²) in [4.78, 5) is 27.1. The fourth-order valence-corrected chi connectivity index (χ4v) is 4.62. The summed E-state index contributed by atoms with van der Waals surface area (Å²) in [5.74, 6) is -0.802. The first kappa shape index (κ1) is 15.6. The number of carbonyl (C=O) groups excluding carboxylic acids is 2. The van der Waals surface area contributed by atoms with Gasteiger partial charge in [-0.2, -0.15) is 0 Å². The minimum absolute atomic E-state index is 0.111. The molecular weight excluding hydrogens is 330 g/mol. The highest BCUT2D eigenvalue weighted by atomic mass is 16.6. The number of ether oxygens (including phenoxy) is 2. The van der Waals surface area contributed by atoms with Gasteiger partial charge in [0, 0.05) is 12.5 Å². The normalized spacial score (nSPS) is 33.3. The Morgan fingerprint density at radius 3 is 2.15 bits per heavy atom. The van der Waals surface area contributed by atoms with Gasteiger partial charge in [-0.3, -0.25) is 14.5 Å². The highest BCUT2D eigenvalue weighted by Crippen LogP contribution is 2.49. The molecule has 2 aromatic rings. The minimum Gasteiger partial charge on any atom is -0.465 e.